The molecular weight excluding hydrogens is 264 g/mol. The molecule has 1 aliphatic carbocycles. The summed E-state index contributed by atoms with van der Waals surface area (Å²) in [6, 6.07) is 0.417. The van der Waals surface area contributed by atoms with Gasteiger partial charge in [0.05, 0.1) is 0 Å². The third-order valence-electron chi connectivity index (χ3n) is 4.11. The highest BCUT2D eigenvalue weighted by molar-refractivity contribution is 5.44. The number of aromatic nitrogens is 3. The molecule has 3 rings (SSSR count). The second-order valence-electron chi connectivity index (χ2n) is 6.23. The van der Waals surface area contributed by atoms with Crippen molar-refractivity contribution >= 4 is 17.8 Å². The fourth-order valence-corrected chi connectivity index (χ4v) is 2.86. The average Bonchev–Trinajstić information content (AvgIpc) is 3.08. The highest BCUT2D eigenvalue weighted by atomic mass is 15.3. The summed E-state index contributed by atoms with van der Waals surface area (Å²) in [5, 5.41) is 6.66. The molecule has 2 heterocycles. The SMILES string of the molecule is CCNc1nc(NC(C)CC2CC2)nc(N2CCCC2)n1. The van der Waals surface area contributed by atoms with Crippen LogP contribution in [0.15, 0.2) is 0 Å². The van der Waals surface area contributed by atoms with Gasteiger partial charge in [0.1, 0.15) is 0 Å². The van der Waals surface area contributed by atoms with Crippen LogP contribution in [0.5, 0.6) is 0 Å². The number of anilines is 3. The Bertz CT molecular complexity index is 467. The molecule has 1 atom stereocenters. The lowest BCUT2D eigenvalue weighted by Gasteiger charge is -2.19. The highest BCUT2D eigenvalue weighted by Gasteiger charge is 2.24. The summed E-state index contributed by atoms with van der Waals surface area (Å²) in [6.07, 6.45) is 6.42. The monoisotopic (exact) mass is 290 g/mol. The second kappa shape index (κ2) is 6.45. The van der Waals surface area contributed by atoms with Gasteiger partial charge in [-0.3, -0.25) is 0 Å². The topological polar surface area (TPSA) is 66.0 Å². The fourth-order valence-electron chi connectivity index (χ4n) is 2.86. The van der Waals surface area contributed by atoms with Crippen LogP contribution in [0.3, 0.4) is 0 Å². The van der Waals surface area contributed by atoms with Gasteiger partial charge in [-0.15, -0.1) is 0 Å². The number of hydrogen-bond donors (Lipinski definition) is 2. The van der Waals surface area contributed by atoms with Crippen LogP contribution in [-0.4, -0.2) is 40.6 Å². The third-order valence-corrected chi connectivity index (χ3v) is 4.11. The standard InChI is InChI=1S/C15H26N6/c1-3-16-13-18-14(17-11(2)10-12-6-7-12)20-15(19-13)21-8-4-5-9-21/h11-12H,3-10H2,1-2H3,(H2,16,17,18,19,20). The summed E-state index contributed by atoms with van der Waals surface area (Å²) in [5.41, 5.74) is 0. The van der Waals surface area contributed by atoms with Crippen LogP contribution >= 0.6 is 0 Å². The van der Waals surface area contributed by atoms with Gasteiger partial charge in [0.15, 0.2) is 0 Å². The third kappa shape index (κ3) is 3.95. The van der Waals surface area contributed by atoms with E-state index in [0.717, 1.165) is 31.5 Å². The first kappa shape index (κ1) is 14.4. The molecule has 1 aromatic heterocycles. The Morgan fingerprint density at radius 2 is 1.86 bits per heavy atom. The molecule has 1 aliphatic heterocycles. The van der Waals surface area contributed by atoms with Crippen molar-refractivity contribution in [2.24, 2.45) is 5.92 Å². The minimum atomic E-state index is 0.417. The van der Waals surface area contributed by atoms with Crippen molar-refractivity contribution in [1.29, 1.82) is 0 Å². The van der Waals surface area contributed by atoms with Crippen molar-refractivity contribution in [3.63, 3.8) is 0 Å². The predicted octanol–water partition coefficient (Wildman–Crippen LogP) is 2.50. The van der Waals surface area contributed by atoms with Crippen molar-refractivity contribution in [3.8, 4) is 0 Å². The summed E-state index contributed by atoms with van der Waals surface area (Å²) in [5.74, 6) is 3.09. The lowest BCUT2D eigenvalue weighted by atomic mass is 10.2. The van der Waals surface area contributed by atoms with Crippen molar-refractivity contribution in [1.82, 2.24) is 15.0 Å². The Hall–Kier alpha value is -1.59. The van der Waals surface area contributed by atoms with E-state index < -0.39 is 0 Å². The van der Waals surface area contributed by atoms with Crippen molar-refractivity contribution < 1.29 is 0 Å². The van der Waals surface area contributed by atoms with Crippen molar-refractivity contribution in [2.45, 2.75) is 52.0 Å². The molecule has 116 valence electrons. The van der Waals surface area contributed by atoms with E-state index >= 15 is 0 Å². The molecule has 1 saturated carbocycles. The van der Waals surface area contributed by atoms with Crippen LogP contribution in [0.4, 0.5) is 17.8 Å². The van der Waals surface area contributed by atoms with Gasteiger partial charge in [-0.2, -0.15) is 15.0 Å². The van der Waals surface area contributed by atoms with Crippen LogP contribution in [0.25, 0.3) is 0 Å². The van der Waals surface area contributed by atoms with Crippen molar-refractivity contribution in [2.75, 3.05) is 35.2 Å². The molecule has 1 aromatic rings. The van der Waals surface area contributed by atoms with Gasteiger partial charge in [0.25, 0.3) is 0 Å². The van der Waals surface area contributed by atoms with Crippen LogP contribution < -0.4 is 15.5 Å². The molecule has 6 heteroatoms. The Kier molecular flexibility index (Phi) is 4.41. The summed E-state index contributed by atoms with van der Waals surface area (Å²) in [7, 11) is 0. The van der Waals surface area contributed by atoms with Gasteiger partial charge in [-0.05, 0) is 39.0 Å². The lowest BCUT2D eigenvalue weighted by molar-refractivity contribution is 0.636. The molecule has 1 saturated heterocycles. The van der Waals surface area contributed by atoms with E-state index in [1.807, 2.05) is 0 Å². The molecule has 2 aliphatic rings. The molecule has 0 spiro atoms. The molecule has 1 unspecified atom stereocenters. The Morgan fingerprint density at radius 1 is 1.14 bits per heavy atom. The molecule has 2 N–H and O–H groups in total. The summed E-state index contributed by atoms with van der Waals surface area (Å²) in [6.45, 7) is 7.19. The number of hydrogen-bond acceptors (Lipinski definition) is 6. The first-order valence-corrected chi connectivity index (χ1v) is 8.26. The first-order chi connectivity index (χ1) is 10.2. The van der Waals surface area contributed by atoms with Gasteiger partial charge in [-0.1, -0.05) is 12.8 Å². The van der Waals surface area contributed by atoms with Gasteiger partial charge in [-0.25, -0.2) is 0 Å². The van der Waals surface area contributed by atoms with Gasteiger partial charge < -0.3 is 15.5 Å². The molecular formula is C15H26N6. The number of nitrogens with zero attached hydrogens (tertiary/aromatic N) is 4. The van der Waals surface area contributed by atoms with Crippen LogP contribution in [0.1, 0.15) is 46.0 Å². The zero-order valence-corrected chi connectivity index (χ0v) is 13.1. The maximum absolute atomic E-state index is 4.62. The zero-order valence-electron chi connectivity index (χ0n) is 13.1. The smallest absolute Gasteiger partial charge is 0.231 e. The maximum atomic E-state index is 4.62. The van der Waals surface area contributed by atoms with Gasteiger partial charge >= 0.3 is 0 Å². The van der Waals surface area contributed by atoms with Crippen LogP contribution in [0.2, 0.25) is 0 Å². The molecule has 2 fully saturated rings. The van der Waals surface area contributed by atoms with E-state index in [2.05, 4.69) is 44.3 Å². The van der Waals surface area contributed by atoms with E-state index in [-0.39, 0.29) is 0 Å². The van der Waals surface area contributed by atoms with Crippen LogP contribution in [0, 0.1) is 5.92 Å². The quantitative estimate of drug-likeness (QED) is 0.804. The average molecular weight is 290 g/mol. The Labute approximate surface area is 126 Å². The summed E-state index contributed by atoms with van der Waals surface area (Å²) >= 11 is 0. The molecule has 0 bridgehead atoms. The highest BCUT2D eigenvalue weighted by Crippen LogP contribution is 2.34. The van der Waals surface area contributed by atoms with Crippen LogP contribution in [-0.2, 0) is 0 Å². The number of nitrogens with one attached hydrogen (secondary N) is 2. The Balaban J connectivity index is 1.73. The largest absolute Gasteiger partial charge is 0.354 e. The van der Waals surface area contributed by atoms with E-state index in [1.165, 1.54) is 32.1 Å². The predicted molar refractivity (Wildman–Crippen MR) is 85.9 cm³/mol. The van der Waals surface area contributed by atoms with Gasteiger partial charge in [0, 0.05) is 25.7 Å². The minimum Gasteiger partial charge on any atom is -0.354 e. The van der Waals surface area contributed by atoms with E-state index in [4.69, 9.17) is 0 Å². The van der Waals surface area contributed by atoms with Crippen molar-refractivity contribution in [3.05, 3.63) is 0 Å². The summed E-state index contributed by atoms with van der Waals surface area (Å²) < 4.78 is 0. The molecule has 21 heavy (non-hydrogen) atoms. The first-order valence-electron chi connectivity index (χ1n) is 8.26. The van der Waals surface area contributed by atoms with E-state index in [9.17, 15) is 0 Å². The zero-order chi connectivity index (χ0) is 14.7. The molecule has 0 amide bonds. The van der Waals surface area contributed by atoms with E-state index in [0.29, 0.717) is 17.9 Å². The van der Waals surface area contributed by atoms with E-state index in [1.54, 1.807) is 0 Å². The summed E-state index contributed by atoms with van der Waals surface area (Å²) in [4.78, 5) is 15.9. The minimum absolute atomic E-state index is 0.417. The second-order valence-corrected chi connectivity index (χ2v) is 6.23. The maximum Gasteiger partial charge on any atom is 0.231 e. The molecule has 0 radical (unpaired) electrons. The fraction of sp³-hybridized carbons (Fsp3) is 0.800. The molecule has 0 aromatic carbocycles. The molecule has 6 nitrogen and oxygen atoms in total. The Morgan fingerprint density at radius 3 is 2.52 bits per heavy atom. The van der Waals surface area contributed by atoms with Gasteiger partial charge in [0.2, 0.25) is 17.8 Å². The number of rotatable bonds is 7. The normalized spacial score (nSPS) is 19.6. The lowest BCUT2D eigenvalue weighted by Crippen LogP contribution is -2.24.